The second-order valence-electron chi connectivity index (χ2n) is 5.78. The molecule has 0 aromatic heterocycles. The summed E-state index contributed by atoms with van der Waals surface area (Å²) in [6.45, 7) is 0.286. The number of hydrogen-bond acceptors (Lipinski definition) is 2. The summed E-state index contributed by atoms with van der Waals surface area (Å²) in [5, 5.41) is 12.0. The van der Waals surface area contributed by atoms with Crippen LogP contribution in [0.15, 0.2) is 12.2 Å². The van der Waals surface area contributed by atoms with Gasteiger partial charge in [-0.25, -0.2) is 0 Å². The Morgan fingerprint density at radius 1 is 1.16 bits per heavy atom. The molecule has 0 aromatic carbocycles. The second kappa shape index (κ2) is 6.73. The van der Waals surface area contributed by atoms with Crippen LogP contribution in [0.5, 0.6) is 0 Å². The highest BCUT2D eigenvalue weighted by Crippen LogP contribution is 2.35. The quantitative estimate of drug-likeness (QED) is 0.724. The molecule has 0 heterocycles. The van der Waals surface area contributed by atoms with Gasteiger partial charge in [-0.05, 0) is 38.0 Å². The summed E-state index contributed by atoms with van der Waals surface area (Å²) in [6, 6.07) is 0. The van der Waals surface area contributed by atoms with E-state index in [-0.39, 0.29) is 18.4 Å². The van der Waals surface area contributed by atoms with Crippen LogP contribution in [0.4, 0.5) is 0 Å². The zero-order valence-corrected chi connectivity index (χ0v) is 11.3. The maximum atomic E-state index is 12.0. The Labute approximate surface area is 114 Å². The normalized spacial score (nSPS) is 21.7. The fraction of sp³-hybridized carbons (Fsp3) is 0.733. The Balaban J connectivity index is 1.75. The molecule has 1 saturated carbocycles. The summed E-state index contributed by atoms with van der Waals surface area (Å²) in [7, 11) is 0. The van der Waals surface area contributed by atoms with Crippen molar-refractivity contribution in [1.82, 2.24) is 5.32 Å². The summed E-state index contributed by atoms with van der Waals surface area (Å²) in [6.07, 6.45) is 10.9. The number of nitrogens with one attached hydrogen (secondary N) is 1. The van der Waals surface area contributed by atoms with Crippen LogP contribution in [0.25, 0.3) is 0 Å². The number of allylic oxidation sites excluding steroid dienone is 2. The van der Waals surface area contributed by atoms with Gasteiger partial charge >= 0.3 is 5.97 Å². The van der Waals surface area contributed by atoms with E-state index in [0.717, 1.165) is 38.5 Å². The van der Waals surface area contributed by atoms with Gasteiger partial charge in [0.15, 0.2) is 0 Å². The number of carbonyl (C=O) groups excluding carboxylic acids is 1. The highest BCUT2D eigenvalue weighted by molar-refractivity contribution is 5.79. The van der Waals surface area contributed by atoms with Gasteiger partial charge < -0.3 is 10.4 Å². The minimum absolute atomic E-state index is 0.0331. The van der Waals surface area contributed by atoms with Crippen molar-refractivity contribution in [3.8, 4) is 0 Å². The summed E-state index contributed by atoms with van der Waals surface area (Å²) in [5.41, 5.74) is 0. The summed E-state index contributed by atoms with van der Waals surface area (Å²) in [5.74, 6) is -0.550. The first-order valence-electron chi connectivity index (χ1n) is 7.32. The molecule has 106 valence electrons. The van der Waals surface area contributed by atoms with Crippen LogP contribution in [0, 0.1) is 17.8 Å². The number of carbonyl (C=O) groups is 2. The molecular formula is C15H23NO3. The first-order valence-corrected chi connectivity index (χ1v) is 7.32. The van der Waals surface area contributed by atoms with E-state index >= 15 is 0 Å². The van der Waals surface area contributed by atoms with Crippen LogP contribution < -0.4 is 5.32 Å². The summed E-state index contributed by atoms with van der Waals surface area (Å²) >= 11 is 0. The van der Waals surface area contributed by atoms with Gasteiger partial charge in [-0.2, -0.15) is 0 Å². The highest BCUT2D eigenvalue weighted by Gasteiger charge is 2.30. The molecule has 0 bridgehead atoms. The van der Waals surface area contributed by atoms with Crippen LogP contribution in [0.2, 0.25) is 0 Å². The molecule has 2 rings (SSSR count). The van der Waals surface area contributed by atoms with Crippen LogP contribution in [0.1, 0.15) is 44.9 Å². The number of hydrogen-bond donors (Lipinski definition) is 2. The molecule has 0 aliphatic heterocycles. The van der Waals surface area contributed by atoms with Crippen LogP contribution >= 0.6 is 0 Å². The third-order valence-electron chi connectivity index (χ3n) is 4.09. The first-order chi connectivity index (χ1) is 9.16. The minimum atomic E-state index is -0.783. The van der Waals surface area contributed by atoms with E-state index in [2.05, 4.69) is 17.5 Å². The molecule has 4 heteroatoms. The fourth-order valence-electron chi connectivity index (χ4n) is 2.63. The molecule has 1 unspecified atom stereocenters. The third kappa shape index (κ3) is 4.69. The Morgan fingerprint density at radius 2 is 1.79 bits per heavy atom. The van der Waals surface area contributed by atoms with Crippen molar-refractivity contribution in [1.29, 1.82) is 0 Å². The fourth-order valence-corrected chi connectivity index (χ4v) is 2.63. The molecule has 0 aromatic rings. The smallest absolute Gasteiger partial charge is 0.308 e. The van der Waals surface area contributed by atoms with Gasteiger partial charge in [-0.15, -0.1) is 0 Å². The predicted molar refractivity (Wildman–Crippen MR) is 72.6 cm³/mol. The molecule has 2 aliphatic rings. The van der Waals surface area contributed by atoms with Crippen LogP contribution in [-0.4, -0.2) is 23.5 Å². The molecule has 0 radical (unpaired) electrons. The van der Waals surface area contributed by atoms with E-state index < -0.39 is 11.9 Å². The van der Waals surface area contributed by atoms with E-state index in [0.29, 0.717) is 12.3 Å². The van der Waals surface area contributed by atoms with Gasteiger partial charge in [-0.1, -0.05) is 25.0 Å². The zero-order valence-electron chi connectivity index (χ0n) is 11.3. The topological polar surface area (TPSA) is 66.4 Å². The van der Waals surface area contributed by atoms with E-state index in [4.69, 9.17) is 5.11 Å². The lowest BCUT2D eigenvalue weighted by molar-refractivity contribution is -0.142. The third-order valence-corrected chi connectivity index (χ3v) is 4.09. The molecule has 0 spiro atoms. The first kappa shape index (κ1) is 14.1. The number of carboxylic acid groups (broad SMARTS) is 1. The number of carboxylic acids is 1. The Bertz CT molecular complexity index is 350. The minimum Gasteiger partial charge on any atom is -0.481 e. The monoisotopic (exact) mass is 265 g/mol. The van der Waals surface area contributed by atoms with Gasteiger partial charge in [0, 0.05) is 12.5 Å². The number of amides is 1. The highest BCUT2D eigenvalue weighted by atomic mass is 16.4. The SMILES string of the molecule is O=C(O)C(CNC(=O)C1CCC=CCC1)CC1CC1. The largest absolute Gasteiger partial charge is 0.481 e. The molecule has 19 heavy (non-hydrogen) atoms. The molecule has 2 aliphatic carbocycles. The maximum Gasteiger partial charge on any atom is 0.308 e. The number of aliphatic carboxylic acids is 1. The molecule has 4 nitrogen and oxygen atoms in total. The van der Waals surface area contributed by atoms with Crippen molar-refractivity contribution in [2.75, 3.05) is 6.54 Å². The van der Waals surface area contributed by atoms with Gasteiger partial charge in [0.05, 0.1) is 5.92 Å². The average Bonchev–Trinajstić information content (AvgIpc) is 3.20. The number of rotatable bonds is 6. The van der Waals surface area contributed by atoms with Crippen molar-refractivity contribution in [2.45, 2.75) is 44.9 Å². The zero-order chi connectivity index (χ0) is 13.7. The van der Waals surface area contributed by atoms with E-state index in [1.165, 1.54) is 0 Å². The van der Waals surface area contributed by atoms with E-state index in [9.17, 15) is 9.59 Å². The van der Waals surface area contributed by atoms with E-state index in [1.54, 1.807) is 0 Å². The van der Waals surface area contributed by atoms with Crippen molar-refractivity contribution in [3.63, 3.8) is 0 Å². The van der Waals surface area contributed by atoms with E-state index in [1.807, 2.05) is 0 Å². The van der Waals surface area contributed by atoms with Gasteiger partial charge in [0.2, 0.25) is 5.91 Å². The van der Waals surface area contributed by atoms with Crippen molar-refractivity contribution < 1.29 is 14.7 Å². The maximum absolute atomic E-state index is 12.0. The summed E-state index contributed by atoms with van der Waals surface area (Å²) in [4.78, 5) is 23.2. The predicted octanol–water partition coefficient (Wildman–Crippen LogP) is 2.35. The van der Waals surface area contributed by atoms with Gasteiger partial charge in [-0.3, -0.25) is 9.59 Å². The van der Waals surface area contributed by atoms with Crippen molar-refractivity contribution in [2.24, 2.45) is 17.8 Å². The molecular weight excluding hydrogens is 242 g/mol. The molecule has 1 fully saturated rings. The van der Waals surface area contributed by atoms with Gasteiger partial charge in [0.1, 0.15) is 0 Å². The average molecular weight is 265 g/mol. The van der Waals surface area contributed by atoms with Gasteiger partial charge in [0.25, 0.3) is 0 Å². The lowest BCUT2D eigenvalue weighted by atomic mass is 9.98. The van der Waals surface area contributed by atoms with Crippen molar-refractivity contribution in [3.05, 3.63) is 12.2 Å². The molecule has 1 amide bonds. The molecule has 1 atom stereocenters. The Morgan fingerprint density at radius 3 is 2.32 bits per heavy atom. The molecule has 0 saturated heterocycles. The Hall–Kier alpha value is -1.32. The second-order valence-corrected chi connectivity index (χ2v) is 5.78. The standard InChI is InChI=1S/C15H23NO3/c17-14(12-5-3-1-2-4-6-12)16-10-13(15(18)19)9-11-7-8-11/h1-2,11-13H,3-10H2,(H,16,17)(H,18,19). The summed E-state index contributed by atoms with van der Waals surface area (Å²) < 4.78 is 0. The molecule has 2 N–H and O–H groups in total. The Kier molecular flexibility index (Phi) is 5.00. The van der Waals surface area contributed by atoms with Crippen LogP contribution in [-0.2, 0) is 9.59 Å². The lowest BCUT2D eigenvalue weighted by Gasteiger charge is -2.17. The van der Waals surface area contributed by atoms with Crippen LogP contribution in [0.3, 0.4) is 0 Å². The lowest BCUT2D eigenvalue weighted by Crippen LogP contribution is -2.37. The van der Waals surface area contributed by atoms with Crippen molar-refractivity contribution >= 4 is 11.9 Å².